The fraction of sp³-hybridized carbons (Fsp3) is 0.167. The Bertz CT molecular complexity index is 978. The van der Waals surface area contributed by atoms with Crippen molar-refractivity contribution in [3.05, 3.63) is 93.1 Å². The summed E-state index contributed by atoms with van der Waals surface area (Å²) in [4.78, 5) is 0. The molecule has 0 spiro atoms. The molecule has 0 amide bonds. The number of benzene rings is 3. The van der Waals surface area contributed by atoms with Crippen molar-refractivity contribution >= 4 is 45.0 Å². The Labute approximate surface area is 163 Å². The van der Waals surface area contributed by atoms with Crippen LogP contribution < -0.4 is 0 Å². The Morgan fingerprint density at radius 3 is 2.64 bits per heavy atom. The molecule has 1 unspecified atom stereocenters. The first-order valence-corrected chi connectivity index (χ1v) is 9.94. The first-order valence-electron chi connectivity index (χ1n) is 8.86. The second-order valence-corrected chi connectivity index (χ2v) is 7.91. The van der Waals surface area contributed by atoms with Crippen LogP contribution in [0.4, 0.5) is 0 Å². The van der Waals surface area contributed by atoms with E-state index in [1.807, 2.05) is 0 Å². The van der Waals surface area contributed by atoms with Gasteiger partial charge in [-0.05, 0) is 87.5 Å². The van der Waals surface area contributed by atoms with Gasteiger partial charge in [0.2, 0.25) is 0 Å². The predicted octanol–water partition coefficient (Wildman–Crippen LogP) is 7.12. The van der Waals surface area contributed by atoms with Crippen LogP contribution in [-0.4, -0.2) is 0 Å². The lowest BCUT2D eigenvalue weighted by molar-refractivity contribution is 0.722. The molecule has 4 rings (SSSR count). The lowest BCUT2D eigenvalue weighted by atomic mass is 9.81. The molecule has 0 bridgehead atoms. The van der Waals surface area contributed by atoms with Crippen LogP contribution in [0.5, 0.6) is 0 Å². The molecule has 0 radical (unpaired) electrons. The summed E-state index contributed by atoms with van der Waals surface area (Å²) in [6, 6.07) is 22.3. The Hall–Kier alpha value is -1.87. The van der Waals surface area contributed by atoms with Gasteiger partial charge in [-0.2, -0.15) is 0 Å². The quantitative estimate of drug-likeness (QED) is 0.384. The molecule has 0 N–H and O–H groups in total. The van der Waals surface area contributed by atoms with E-state index in [-0.39, 0.29) is 0 Å². The molecule has 0 aliphatic heterocycles. The van der Waals surface area contributed by atoms with Crippen LogP contribution in [0.15, 0.2) is 72.8 Å². The van der Waals surface area contributed by atoms with Crippen molar-refractivity contribution < 1.29 is 0 Å². The van der Waals surface area contributed by atoms with Crippen molar-refractivity contribution in [2.45, 2.75) is 19.8 Å². The largest absolute Gasteiger partial charge is 0.0832 e. The van der Waals surface area contributed by atoms with Crippen molar-refractivity contribution in [1.82, 2.24) is 0 Å². The number of rotatable bonds is 3. The van der Waals surface area contributed by atoms with Crippen LogP contribution in [0.3, 0.4) is 0 Å². The molecule has 1 atom stereocenters. The molecule has 0 saturated carbocycles. The fourth-order valence-corrected chi connectivity index (χ4v) is 4.31. The van der Waals surface area contributed by atoms with E-state index in [4.69, 9.17) is 0 Å². The summed E-state index contributed by atoms with van der Waals surface area (Å²) >= 11 is 2.38. The predicted molar refractivity (Wildman–Crippen MR) is 118 cm³/mol. The summed E-state index contributed by atoms with van der Waals surface area (Å²) in [5, 5.41) is 2.67. The highest BCUT2D eigenvalue weighted by Crippen LogP contribution is 2.35. The molecule has 0 nitrogen and oxygen atoms in total. The van der Waals surface area contributed by atoms with Gasteiger partial charge in [-0.25, -0.2) is 0 Å². The van der Waals surface area contributed by atoms with E-state index in [9.17, 15) is 0 Å². The van der Waals surface area contributed by atoms with Crippen molar-refractivity contribution in [3.63, 3.8) is 0 Å². The smallest absolute Gasteiger partial charge is 0.0136 e. The Morgan fingerprint density at radius 2 is 1.76 bits per heavy atom. The zero-order valence-corrected chi connectivity index (χ0v) is 16.5. The second kappa shape index (κ2) is 7.17. The van der Waals surface area contributed by atoms with Crippen molar-refractivity contribution in [1.29, 1.82) is 0 Å². The summed E-state index contributed by atoms with van der Waals surface area (Å²) < 4.78 is 1.29. The van der Waals surface area contributed by atoms with E-state index >= 15 is 0 Å². The number of halogens is 1. The van der Waals surface area contributed by atoms with Crippen LogP contribution in [0.25, 0.3) is 22.4 Å². The molecule has 124 valence electrons. The van der Waals surface area contributed by atoms with Crippen LogP contribution in [0.2, 0.25) is 0 Å². The van der Waals surface area contributed by atoms with E-state index in [1.165, 1.54) is 36.6 Å². The Kier molecular flexibility index (Phi) is 4.76. The maximum atomic E-state index is 2.38. The van der Waals surface area contributed by atoms with E-state index in [0.29, 0.717) is 5.92 Å². The van der Waals surface area contributed by atoms with Gasteiger partial charge in [0, 0.05) is 9.49 Å². The highest BCUT2D eigenvalue weighted by atomic mass is 127. The normalized spacial score (nSPS) is 17.8. The fourth-order valence-electron chi connectivity index (χ4n) is 3.79. The van der Waals surface area contributed by atoms with Gasteiger partial charge in [0.15, 0.2) is 0 Å². The van der Waals surface area contributed by atoms with Gasteiger partial charge in [-0.1, -0.05) is 66.8 Å². The monoisotopic (exact) mass is 436 g/mol. The van der Waals surface area contributed by atoms with Crippen LogP contribution in [-0.2, 0) is 6.42 Å². The summed E-state index contributed by atoms with van der Waals surface area (Å²) in [5.74, 6) is 0.507. The molecule has 0 aromatic heterocycles. The van der Waals surface area contributed by atoms with Gasteiger partial charge in [0.05, 0.1) is 0 Å². The molecule has 1 heteroatoms. The maximum Gasteiger partial charge on any atom is 0.0136 e. The molecule has 1 aliphatic rings. The minimum atomic E-state index is 0.507. The maximum absolute atomic E-state index is 2.38. The van der Waals surface area contributed by atoms with Crippen molar-refractivity contribution in [3.8, 4) is 0 Å². The molecule has 25 heavy (non-hydrogen) atoms. The zero-order chi connectivity index (χ0) is 17.2. The van der Waals surface area contributed by atoms with Gasteiger partial charge in [-0.3, -0.25) is 0 Å². The standard InChI is InChI=1S/C24H21I/c1-2-23-19(12-11-18-5-3-4-6-24(18)23)9-7-17-8-10-21-16-22(25)14-13-20(21)15-17/h2-6,8,10-16,19H,7,9H2,1H3/b23-2+. The summed E-state index contributed by atoms with van der Waals surface area (Å²) in [6.45, 7) is 2.16. The molecular weight excluding hydrogens is 415 g/mol. The molecule has 3 aromatic carbocycles. The first kappa shape index (κ1) is 16.6. The van der Waals surface area contributed by atoms with Gasteiger partial charge in [0.25, 0.3) is 0 Å². The van der Waals surface area contributed by atoms with Gasteiger partial charge in [-0.15, -0.1) is 0 Å². The topological polar surface area (TPSA) is 0 Å². The number of fused-ring (bicyclic) bond motifs is 2. The zero-order valence-electron chi connectivity index (χ0n) is 14.4. The van der Waals surface area contributed by atoms with Gasteiger partial charge in [0.1, 0.15) is 0 Å². The molecular formula is C24H21I. The van der Waals surface area contributed by atoms with E-state index in [1.54, 1.807) is 0 Å². The van der Waals surface area contributed by atoms with E-state index < -0.39 is 0 Å². The van der Waals surface area contributed by atoms with Crippen LogP contribution in [0.1, 0.15) is 30.0 Å². The third-order valence-corrected chi connectivity index (χ3v) is 5.77. The highest BCUT2D eigenvalue weighted by Gasteiger charge is 2.18. The number of hydrogen-bond donors (Lipinski definition) is 0. The number of aryl methyl sites for hydroxylation is 1. The second-order valence-electron chi connectivity index (χ2n) is 6.66. The van der Waals surface area contributed by atoms with Crippen LogP contribution in [0, 0.1) is 9.49 Å². The molecule has 3 aromatic rings. The number of allylic oxidation sites excluding steroid dienone is 3. The average molecular weight is 436 g/mol. The SMILES string of the molecule is C/C=C1/c2ccccc2C=CC1CCc1ccc2cc(I)ccc2c1. The van der Waals surface area contributed by atoms with Gasteiger partial charge >= 0.3 is 0 Å². The summed E-state index contributed by atoms with van der Waals surface area (Å²) in [6.07, 6.45) is 9.21. The minimum Gasteiger partial charge on any atom is -0.0832 e. The first-order chi connectivity index (χ1) is 12.2. The Balaban J connectivity index is 1.54. The number of hydrogen-bond acceptors (Lipinski definition) is 0. The third-order valence-electron chi connectivity index (χ3n) is 5.10. The molecule has 0 fully saturated rings. The minimum absolute atomic E-state index is 0.507. The van der Waals surface area contributed by atoms with Crippen LogP contribution >= 0.6 is 22.6 Å². The lowest BCUT2D eigenvalue weighted by Gasteiger charge is -2.23. The van der Waals surface area contributed by atoms with E-state index in [0.717, 1.165) is 12.8 Å². The molecule has 0 heterocycles. The lowest BCUT2D eigenvalue weighted by Crippen LogP contribution is -2.07. The average Bonchev–Trinajstić information content (AvgIpc) is 2.65. The Morgan fingerprint density at radius 1 is 0.960 bits per heavy atom. The summed E-state index contributed by atoms with van der Waals surface area (Å²) in [5.41, 5.74) is 5.63. The highest BCUT2D eigenvalue weighted by molar-refractivity contribution is 14.1. The molecule has 1 aliphatic carbocycles. The third kappa shape index (κ3) is 3.43. The van der Waals surface area contributed by atoms with Gasteiger partial charge < -0.3 is 0 Å². The summed E-state index contributed by atoms with van der Waals surface area (Å²) in [7, 11) is 0. The van der Waals surface area contributed by atoms with Crippen molar-refractivity contribution in [2.24, 2.45) is 5.92 Å². The van der Waals surface area contributed by atoms with E-state index in [2.05, 4.69) is 108 Å². The van der Waals surface area contributed by atoms with Crippen molar-refractivity contribution in [2.75, 3.05) is 0 Å². The molecule has 0 saturated heterocycles.